The Morgan fingerprint density at radius 2 is 2.14 bits per heavy atom. The molecule has 0 amide bonds. The number of anilines is 2. The summed E-state index contributed by atoms with van der Waals surface area (Å²) in [6, 6.07) is 0.656. The molecule has 3 heterocycles. The van der Waals surface area contributed by atoms with Crippen LogP contribution in [0.2, 0.25) is 0 Å². The number of ether oxygens (including phenoxy) is 2. The van der Waals surface area contributed by atoms with Crippen molar-refractivity contribution in [3.05, 3.63) is 12.0 Å². The van der Waals surface area contributed by atoms with Crippen molar-refractivity contribution in [3.8, 4) is 0 Å². The minimum absolute atomic E-state index is 0.118. The number of piperidine rings is 1. The maximum absolute atomic E-state index is 13.8. The SMILES string of the molecule is CNc1nc(N2CCC3CC(N4CCOCC4)CC[C@@]3(COC)C2)ncc1F. The van der Waals surface area contributed by atoms with Gasteiger partial charge in [0.05, 0.1) is 26.0 Å². The van der Waals surface area contributed by atoms with Crippen LogP contribution in [0.15, 0.2) is 6.20 Å². The average Bonchev–Trinajstić information content (AvgIpc) is 2.74. The van der Waals surface area contributed by atoms with Gasteiger partial charge in [0.25, 0.3) is 0 Å². The van der Waals surface area contributed by atoms with Crippen molar-refractivity contribution in [2.75, 3.05) is 70.4 Å². The van der Waals surface area contributed by atoms with E-state index in [1.165, 1.54) is 19.0 Å². The summed E-state index contributed by atoms with van der Waals surface area (Å²) in [5.74, 6) is 1.08. The molecule has 156 valence electrons. The van der Waals surface area contributed by atoms with E-state index in [-0.39, 0.29) is 11.2 Å². The van der Waals surface area contributed by atoms with Gasteiger partial charge < -0.3 is 19.7 Å². The molecule has 3 aliphatic rings. The Morgan fingerprint density at radius 3 is 2.89 bits per heavy atom. The summed E-state index contributed by atoms with van der Waals surface area (Å²) in [7, 11) is 3.48. The number of aromatic nitrogens is 2. The van der Waals surface area contributed by atoms with Crippen molar-refractivity contribution in [3.63, 3.8) is 0 Å². The van der Waals surface area contributed by atoms with Gasteiger partial charge in [0, 0.05) is 51.8 Å². The first-order valence-corrected chi connectivity index (χ1v) is 10.4. The number of hydrogen-bond acceptors (Lipinski definition) is 7. The Bertz CT molecular complexity index is 672. The van der Waals surface area contributed by atoms with E-state index in [4.69, 9.17) is 9.47 Å². The molecule has 1 aliphatic carbocycles. The number of nitrogens with one attached hydrogen (secondary N) is 1. The Hall–Kier alpha value is -1.51. The lowest BCUT2D eigenvalue weighted by atomic mass is 9.62. The number of methoxy groups -OCH3 is 1. The van der Waals surface area contributed by atoms with Gasteiger partial charge in [-0.05, 0) is 31.6 Å². The molecular formula is C20H32FN5O2. The summed E-state index contributed by atoms with van der Waals surface area (Å²) < 4.78 is 25.0. The third kappa shape index (κ3) is 3.82. The van der Waals surface area contributed by atoms with E-state index in [2.05, 4.69) is 25.1 Å². The Morgan fingerprint density at radius 1 is 1.32 bits per heavy atom. The van der Waals surface area contributed by atoms with E-state index in [0.29, 0.717) is 17.9 Å². The van der Waals surface area contributed by atoms with E-state index in [0.717, 1.165) is 58.8 Å². The second kappa shape index (κ2) is 8.47. The van der Waals surface area contributed by atoms with Crippen LogP contribution in [0.3, 0.4) is 0 Å². The molecule has 8 heteroatoms. The van der Waals surface area contributed by atoms with Crippen molar-refractivity contribution in [1.29, 1.82) is 0 Å². The fourth-order valence-electron chi connectivity index (χ4n) is 5.41. The fourth-order valence-corrected chi connectivity index (χ4v) is 5.41. The maximum atomic E-state index is 13.8. The first kappa shape index (κ1) is 19.8. The van der Waals surface area contributed by atoms with Crippen molar-refractivity contribution in [2.24, 2.45) is 11.3 Å². The summed E-state index contributed by atoms with van der Waals surface area (Å²) in [5, 5.41) is 2.81. The highest BCUT2D eigenvalue weighted by Gasteiger charge is 2.48. The van der Waals surface area contributed by atoms with Gasteiger partial charge in [0.1, 0.15) is 0 Å². The molecule has 2 saturated heterocycles. The molecule has 2 unspecified atom stereocenters. The molecule has 0 radical (unpaired) electrons. The van der Waals surface area contributed by atoms with Crippen molar-refractivity contribution >= 4 is 11.8 Å². The van der Waals surface area contributed by atoms with E-state index in [9.17, 15) is 4.39 Å². The van der Waals surface area contributed by atoms with Gasteiger partial charge in [-0.25, -0.2) is 9.37 Å². The zero-order valence-corrected chi connectivity index (χ0v) is 17.0. The van der Waals surface area contributed by atoms with Crippen LogP contribution in [0.1, 0.15) is 25.7 Å². The lowest BCUT2D eigenvalue weighted by Gasteiger charge is -2.54. The molecule has 3 fully saturated rings. The van der Waals surface area contributed by atoms with Gasteiger partial charge in [-0.3, -0.25) is 4.90 Å². The number of rotatable bonds is 5. The van der Waals surface area contributed by atoms with Crippen LogP contribution in [-0.4, -0.2) is 81.1 Å². The van der Waals surface area contributed by atoms with Crippen LogP contribution in [0.5, 0.6) is 0 Å². The van der Waals surface area contributed by atoms with Crippen LogP contribution in [0.25, 0.3) is 0 Å². The van der Waals surface area contributed by atoms with E-state index in [1.54, 1.807) is 14.2 Å². The Balaban J connectivity index is 1.50. The molecule has 0 bridgehead atoms. The third-order valence-corrected chi connectivity index (χ3v) is 6.90. The molecule has 0 spiro atoms. The van der Waals surface area contributed by atoms with Gasteiger partial charge in [0.15, 0.2) is 11.6 Å². The van der Waals surface area contributed by atoms with Gasteiger partial charge in [-0.1, -0.05) is 0 Å². The summed E-state index contributed by atoms with van der Waals surface area (Å²) >= 11 is 0. The standard InChI is InChI=1S/C20H32FN5O2/c1-22-18-17(21)12-23-19(24-18)26-6-4-15-11-16(25-7-9-28-10-8-25)3-5-20(15,13-26)14-27-2/h12,15-16H,3-11,13-14H2,1-2H3,(H,22,23,24)/t15?,16?,20-/m0/s1. The number of fused-ring (bicyclic) bond motifs is 1. The molecule has 1 saturated carbocycles. The van der Waals surface area contributed by atoms with Gasteiger partial charge in [-0.15, -0.1) is 0 Å². The van der Waals surface area contributed by atoms with E-state index in [1.807, 2.05) is 0 Å². The average molecular weight is 394 g/mol. The van der Waals surface area contributed by atoms with Crippen molar-refractivity contribution < 1.29 is 13.9 Å². The monoisotopic (exact) mass is 393 g/mol. The molecule has 0 aromatic carbocycles. The highest BCUT2D eigenvalue weighted by Crippen LogP contribution is 2.48. The number of morpholine rings is 1. The first-order chi connectivity index (χ1) is 13.6. The van der Waals surface area contributed by atoms with Crippen molar-refractivity contribution in [2.45, 2.75) is 31.7 Å². The minimum atomic E-state index is -0.418. The summed E-state index contributed by atoms with van der Waals surface area (Å²) in [5.41, 5.74) is 0.118. The van der Waals surface area contributed by atoms with Crippen LogP contribution in [0, 0.1) is 17.2 Å². The molecule has 1 aromatic heterocycles. The second-order valence-electron chi connectivity index (χ2n) is 8.40. The first-order valence-electron chi connectivity index (χ1n) is 10.4. The maximum Gasteiger partial charge on any atom is 0.227 e. The van der Waals surface area contributed by atoms with Crippen LogP contribution >= 0.6 is 0 Å². The van der Waals surface area contributed by atoms with E-state index < -0.39 is 5.82 Å². The van der Waals surface area contributed by atoms with Gasteiger partial charge in [0.2, 0.25) is 5.95 Å². The zero-order chi connectivity index (χ0) is 19.6. The lowest BCUT2D eigenvalue weighted by Crippen LogP contribution is -2.57. The molecule has 1 N–H and O–H groups in total. The molecule has 7 nitrogen and oxygen atoms in total. The molecule has 28 heavy (non-hydrogen) atoms. The molecule has 3 atom stereocenters. The molecular weight excluding hydrogens is 361 g/mol. The van der Waals surface area contributed by atoms with E-state index >= 15 is 0 Å². The molecule has 1 aromatic rings. The largest absolute Gasteiger partial charge is 0.384 e. The molecule has 2 aliphatic heterocycles. The minimum Gasteiger partial charge on any atom is -0.384 e. The number of nitrogens with zero attached hydrogens (tertiary/aromatic N) is 4. The highest BCUT2D eigenvalue weighted by molar-refractivity contribution is 5.42. The topological polar surface area (TPSA) is 62.8 Å². The third-order valence-electron chi connectivity index (χ3n) is 6.90. The van der Waals surface area contributed by atoms with Gasteiger partial charge in [-0.2, -0.15) is 4.98 Å². The number of halogens is 1. The molecule has 4 rings (SSSR count). The quantitative estimate of drug-likeness (QED) is 0.821. The van der Waals surface area contributed by atoms with Crippen molar-refractivity contribution in [1.82, 2.24) is 14.9 Å². The van der Waals surface area contributed by atoms with Crippen LogP contribution < -0.4 is 10.2 Å². The zero-order valence-electron chi connectivity index (χ0n) is 17.0. The highest BCUT2D eigenvalue weighted by atomic mass is 19.1. The normalized spacial score (nSPS) is 31.5. The predicted molar refractivity (Wildman–Crippen MR) is 106 cm³/mol. The fraction of sp³-hybridized carbons (Fsp3) is 0.800. The Kier molecular flexibility index (Phi) is 5.99. The predicted octanol–water partition coefficient (Wildman–Crippen LogP) is 2.00. The summed E-state index contributed by atoms with van der Waals surface area (Å²) in [6.45, 7) is 6.34. The van der Waals surface area contributed by atoms with Crippen LogP contribution in [-0.2, 0) is 9.47 Å². The smallest absolute Gasteiger partial charge is 0.227 e. The summed E-state index contributed by atoms with van der Waals surface area (Å²) in [4.78, 5) is 13.5. The van der Waals surface area contributed by atoms with Crippen LogP contribution in [0.4, 0.5) is 16.2 Å². The Labute approximate surface area is 166 Å². The summed E-state index contributed by atoms with van der Waals surface area (Å²) in [6.07, 6.45) is 5.92. The second-order valence-corrected chi connectivity index (χ2v) is 8.40. The lowest BCUT2D eigenvalue weighted by molar-refractivity contribution is -0.0541. The van der Waals surface area contributed by atoms with Gasteiger partial charge >= 0.3 is 0 Å². The number of hydrogen-bond donors (Lipinski definition) is 1.